The first-order chi connectivity index (χ1) is 9.10. The highest BCUT2D eigenvalue weighted by Gasteiger charge is 2.44. The molecule has 0 atom stereocenters. The van der Waals surface area contributed by atoms with Crippen molar-refractivity contribution in [2.75, 3.05) is 37.8 Å². The van der Waals surface area contributed by atoms with Gasteiger partial charge in [0.25, 0.3) is 0 Å². The van der Waals surface area contributed by atoms with Crippen LogP contribution in [0.15, 0.2) is 16.7 Å². The maximum Gasteiger partial charge on any atom is 0.387 e. The van der Waals surface area contributed by atoms with Crippen LogP contribution in [0.2, 0.25) is 0 Å². The van der Waals surface area contributed by atoms with Gasteiger partial charge in [0.15, 0.2) is 6.20 Å². The zero-order valence-corrected chi connectivity index (χ0v) is 11.6. The van der Waals surface area contributed by atoms with E-state index >= 15 is 0 Å². The van der Waals surface area contributed by atoms with Gasteiger partial charge in [-0.15, -0.1) is 0 Å². The SMILES string of the molecule is O=[N+]([O-])c1ncc(Br)cc1N1CCOC2(COC2)C1. The van der Waals surface area contributed by atoms with E-state index in [9.17, 15) is 10.1 Å². The first-order valence-corrected chi connectivity index (χ1v) is 6.66. The number of halogens is 1. The van der Waals surface area contributed by atoms with E-state index in [1.54, 1.807) is 6.07 Å². The third kappa shape index (κ3) is 2.31. The van der Waals surface area contributed by atoms with E-state index in [0.717, 1.165) is 4.47 Å². The van der Waals surface area contributed by atoms with E-state index in [-0.39, 0.29) is 11.4 Å². The minimum atomic E-state index is -0.457. The van der Waals surface area contributed by atoms with Gasteiger partial charge in [-0.25, -0.2) is 0 Å². The maximum atomic E-state index is 11.1. The average molecular weight is 330 g/mol. The lowest BCUT2D eigenvalue weighted by atomic mass is 9.99. The molecule has 3 rings (SSSR count). The Morgan fingerprint density at radius 3 is 2.95 bits per heavy atom. The Balaban J connectivity index is 1.92. The molecular formula is C11H12BrN3O4. The molecule has 0 unspecified atom stereocenters. The molecule has 19 heavy (non-hydrogen) atoms. The first kappa shape index (κ1) is 12.8. The summed E-state index contributed by atoms with van der Waals surface area (Å²) in [5, 5.41) is 11.1. The van der Waals surface area contributed by atoms with Crippen molar-refractivity contribution >= 4 is 27.4 Å². The Kier molecular flexibility index (Phi) is 3.15. The molecule has 0 saturated carbocycles. The molecule has 2 fully saturated rings. The number of nitro groups is 1. The fourth-order valence-corrected chi connectivity index (χ4v) is 2.67. The number of aromatic nitrogens is 1. The number of ether oxygens (including phenoxy) is 2. The number of pyridine rings is 1. The van der Waals surface area contributed by atoms with Crippen molar-refractivity contribution in [3.8, 4) is 0 Å². The van der Waals surface area contributed by atoms with Crippen LogP contribution in [0.25, 0.3) is 0 Å². The van der Waals surface area contributed by atoms with Crippen LogP contribution in [0.5, 0.6) is 0 Å². The van der Waals surface area contributed by atoms with Crippen LogP contribution in [-0.2, 0) is 9.47 Å². The van der Waals surface area contributed by atoms with Gasteiger partial charge in [-0.3, -0.25) is 0 Å². The van der Waals surface area contributed by atoms with Crippen LogP contribution in [0.3, 0.4) is 0 Å². The molecule has 8 heteroatoms. The molecule has 102 valence electrons. The Morgan fingerprint density at radius 2 is 2.32 bits per heavy atom. The van der Waals surface area contributed by atoms with E-state index in [4.69, 9.17) is 9.47 Å². The second-order valence-corrected chi connectivity index (χ2v) is 5.61. The van der Waals surface area contributed by atoms with Crippen molar-refractivity contribution in [1.29, 1.82) is 0 Å². The van der Waals surface area contributed by atoms with Gasteiger partial charge in [0, 0.05) is 6.54 Å². The van der Waals surface area contributed by atoms with E-state index in [1.807, 2.05) is 4.90 Å². The van der Waals surface area contributed by atoms with Crippen LogP contribution < -0.4 is 4.90 Å². The Hall–Kier alpha value is -1.25. The highest BCUT2D eigenvalue weighted by Crippen LogP contribution is 2.34. The van der Waals surface area contributed by atoms with Crippen LogP contribution >= 0.6 is 15.9 Å². The molecule has 7 nitrogen and oxygen atoms in total. The molecule has 2 aliphatic heterocycles. The van der Waals surface area contributed by atoms with Gasteiger partial charge in [-0.05, 0) is 31.9 Å². The summed E-state index contributed by atoms with van der Waals surface area (Å²) in [6.45, 7) is 2.82. The monoisotopic (exact) mass is 329 g/mol. The van der Waals surface area contributed by atoms with Gasteiger partial charge in [0.2, 0.25) is 0 Å². The third-order valence-electron chi connectivity index (χ3n) is 3.31. The van der Waals surface area contributed by atoms with Crippen molar-refractivity contribution in [2.24, 2.45) is 0 Å². The molecule has 2 aliphatic rings. The summed E-state index contributed by atoms with van der Waals surface area (Å²) in [5.41, 5.74) is 0.211. The number of nitrogens with zero attached hydrogens (tertiary/aromatic N) is 3. The van der Waals surface area contributed by atoms with Crippen LogP contribution in [0.1, 0.15) is 0 Å². The van der Waals surface area contributed by atoms with E-state index in [1.165, 1.54) is 6.20 Å². The van der Waals surface area contributed by atoms with Crippen LogP contribution in [-0.4, -0.2) is 48.4 Å². The topological polar surface area (TPSA) is 77.7 Å². The van der Waals surface area contributed by atoms with Crippen LogP contribution in [0, 0.1) is 10.1 Å². The molecule has 2 saturated heterocycles. The fraction of sp³-hybridized carbons (Fsp3) is 0.545. The molecule has 0 aromatic carbocycles. The summed E-state index contributed by atoms with van der Waals surface area (Å²) in [6.07, 6.45) is 1.43. The maximum absolute atomic E-state index is 11.1. The van der Waals surface area contributed by atoms with Gasteiger partial charge in [0.05, 0.1) is 30.8 Å². The number of hydrogen-bond acceptors (Lipinski definition) is 6. The van der Waals surface area contributed by atoms with E-state index in [0.29, 0.717) is 38.6 Å². The van der Waals surface area contributed by atoms with Crippen molar-refractivity contribution < 1.29 is 14.4 Å². The highest BCUT2D eigenvalue weighted by molar-refractivity contribution is 9.10. The summed E-state index contributed by atoms with van der Waals surface area (Å²) >= 11 is 3.30. The Bertz CT molecular complexity index is 521. The lowest BCUT2D eigenvalue weighted by molar-refractivity contribution is -0.388. The standard InChI is InChI=1S/C11H12BrN3O4/c12-8-3-9(10(13-4-8)15(16)17)14-1-2-19-11(5-14)6-18-7-11/h3-4H,1-2,5-7H2. The lowest BCUT2D eigenvalue weighted by Gasteiger charge is -2.48. The number of morpholine rings is 1. The highest BCUT2D eigenvalue weighted by atomic mass is 79.9. The summed E-state index contributed by atoms with van der Waals surface area (Å²) in [4.78, 5) is 16.4. The molecule has 3 heterocycles. The van der Waals surface area contributed by atoms with Gasteiger partial charge in [0.1, 0.15) is 11.3 Å². The fourth-order valence-electron chi connectivity index (χ4n) is 2.35. The smallest absolute Gasteiger partial charge is 0.375 e. The summed E-state index contributed by atoms with van der Waals surface area (Å²) in [7, 11) is 0. The van der Waals surface area contributed by atoms with Gasteiger partial charge in [-0.2, -0.15) is 0 Å². The molecule has 0 aliphatic carbocycles. The molecule has 0 N–H and O–H groups in total. The number of rotatable bonds is 2. The molecular weight excluding hydrogens is 318 g/mol. The zero-order chi connectivity index (χ0) is 13.5. The van der Waals surface area contributed by atoms with Crippen molar-refractivity contribution in [3.05, 3.63) is 26.9 Å². The number of anilines is 1. The Morgan fingerprint density at radius 1 is 1.53 bits per heavy atom. The molecule has 1 aromatic rings. The zero-order valence-electron chi connectivity index (χ0n) is 10.0. The van der Waals surface area contributed by atoms with Crippen molar-refractivity contribution in [2.45, 2.75) is 5.60 Å². The minimum absolute atomic E-state index is 0.125. The predicted octanol–water partition coefficient (Wildman–Crippen LogP) is 1.36. The van der Waals surface area contributed by atoms with Gasteiger partial charge in [-0.1, -0.05) is 0 Å². The quantitative estimate of drug-likeness (QED) is 0.602. The summed E-state index contributed by atoms with van der Waals surface area (Å²) < 4.78 is 11.6. The first-order valence-electron chi connectivity index (χ1n) is 5.86. The number of hydrogen-bond donors (Lipinski definition) is 0. The van der Waals surface area contributed by atoms with E-state index < -0.39 is 4.92 Å². The van der Waals surface area contributed by atoms with Crippen molar-refractivity contribution in [1.82, 2.24) is 4.98 Å². The Labute approximate surface area is 117 Å². The second kappa shape index (κ2) is 4.69. The molecule has 0 radical (unpaired) electrons. The molecule has 1 spiro atoms. The molecule has 1 aromatic heterocycles. The molecule has 0 amide bonds. The van der Waals surface area contributed by atoms with Crippen molar-refractivity contribution in [3.63, 3.8) is 0 Å². The average Bonchev–Trinajstić information content (AvgIpc) is 2.36. The molecule has 0 bridgehead atoms. The largest absolute Gasteiger partial charge is 0.387 e. The third-order valence-corrected chi connectivity index (χ3v) is 3.74. The normalized spacial score (nSPS) is 21.2. The van der Waals surface area contributed by atoms with Gasteiger partial charge < -0.3 is 24.5 Å². The second-order valence-electron chi connectivity index (χ2n) is 4.70. The van der Waals surface area contributed by atoms with E-state index in [2.05, 4.69) is 20.9 Å². The van der Waals surface area contributed by atoms with Crippen LogP contribution in [0.4, 0.5) is 11.5 Å². The summed E-state index contributed by atoms with van der Waals surface area (Å²) in [5.74, 6) is -0.125. The summed E-state index contributed by atoms with van der Waals surface area (Å²) in [6, 6.07) is 1.73. The minimum Gasteiger partial charge on any atom is -0.375 e. The predicted molar refractivity (Wildman–Crippen MR) is 70.3 cm³/mol. The van der Waals surface area contributed by atoms with Gasteiger partial charge >= 0.3 is 5.82 Å². The lowest BCUT2D eigenvalue weighted by Crippen LogP contribution is -2.63.